The van der Waals surface area contributed by atoms with Crippen LogP contribution in [0.25, 0.3) is 0 Å². The molecule has 0 spiro atoms. The van der Waals surface area contributed by atoms with Gasteiger partial charge >= 0.3 is 0 Å². The summed E-state index contributed by atoms with van der Waals surface area (Å²) in [5.41, 5.74) is 1.14. The molecule has 122 valence electrons. The van der Waals surface area contributed by atoms with Gasteiger partial charge in [-0.25, -0.2) is 13.4 Å². The molecule has 0 saturated carbocycles. The summed E-state index contributed by atoms with van der Waals surface area (Å²) in [5.74, 6) is 0.963. The largest absolute Gasteiger partial charge is 0.357 e. The van der Waals surface area contributed by atoms with Crippen LogP contribution in [0.3, 0.4) is 0 Å². The maximum absolute atomic E-state index is 12.1. The van der Waals surface area contributed by atoms with Crippen LogP contribution in [0.4, 0.5) is 0 Å². The van der Waals surface area contributed by atoms with E-state index in [1.165, 1.54) is 0 Å². The Hall–Kier alpha value is -1.56. The van der Waals surface area contributed by atoms with Crippen molar-refractivity contribution in [2.45, 2.75) is 32.1 Å². The molecule has 0 radical (unpaired) electrons. The van der Waals surface area contributed by atoms with Gasteiger partial charge in [0.15, 0.2) is 15.8 Å². The van der Waals surface area contributed by atoms with E-state index >= 15 is 0 Å². The Morgan fingerprint density at radius 1 is 1.32 bits per heavy atom. The van der Waals surface area contributed by atoms with E-state index in [2.05, 4.69) is 10.3 Å². The molecule has 1 aromatic rings. The summed E-state index contributed by atoms with van der Waals surface area (Å²) in [6.07, 6.45) is 0. The van der Waals surface area contributed by atoms with Gasteiger partial charge in [0.2, 0.25) is 0 Å². The Kier molecular flexibility index (Phi) is 5.11. The van der Waals surface area contributed by atoms with Crippen molar-refractivity contribution in [3.8, 4) is 0 Å². The number of aliphatic imine (C=N–C) groups is 1. The van der Waals surface area contributed by atoms with Crippen LogP contribution in [0.2, 0.25) is 0 Å². The van der Waals surface area contributed by atoms with Gasteiger partial charge in [-0.3, -0.25) is 0 Å². The topological polar surface area (TPSA) is 61.8 Å². The molecule has 1 aliphatic heterocycles. The molecule has 5 nitrogen and oxygen atoms in total. The molecule has 0 aromatic heterocycles. The third-order valence-corrected chi connectivity index (χ3v) is 6.47. The molecule has 2 rings (SSSR count). The average Bonchev–Trinajstić information content (AvgIpc) is 2.47. The van der Waals surface area contributed by atoms with E-state index in [1.807, 2.05) is 42.2 Å². The Morgan fingerprint density at radius 3 is 2.59 bits per heavy atom. The summed E-state index contributed by atoms with van der Waals surface area (Å²) in [7, 11) is -3.03. The number of benzene rings is 1. The van der Waals surface area contributed by atoms with Crippen LogP contribution in [-0.2, 0) is 16.4 Å². The van der Waals surface area contributed by atoms with Gasteiger partial charge in [0, 0.05) is 19.6 Å². The Labute approximate surface area is 133 Å². The lowest BCUT2D eigenvalue weighted by Crippen LogP contribution is -2.57. The maximum atomic E-state index is 12.1. The molecule has 1 aromatic carbocycles. The fraction of sp³-hybridized carbons (Fsp3) is 0.562. The number of rotatable bonds is 3. The average molecular weight is 323 g/mol. The first-order valence-corrected chi connectivity index (χ1v) is 9.30. The van der Waals surface area contributed by atoms with Crippen LogP contribution in [-0.4, -0.2) is 49.4 Å². The van der Waals surface area contributed by atoms with Gasteiger partial charge in [-0.2, -0.15) is 0 Å². The van der Waals surface area contributed by atoms with Gasteiger partial charge in [-0.05, 0) is 26.3 Å². The highest BCUT2D eigenvalue weighted by molar-refractivity contribution is 7.92. The fourth-order valence-corrected chi connectivity index (χ4v) is 3.87. The van der Waals surface area contributed by atoms with E-state index in [1.54, 1.807) is 13.8 Å². The number of sulfone groups is 1. The lowest BCUT2D eigenvalue weighted by Gasteiger charge is -2.39. The summed E-state index contributed by atoms with van der Waals surface area (Å²) in [6.45, 7) is 7.90. The highest BCUT2D eigenvalue weighted by atomic mass is 32.2. The summed E-state index contributed by atoms with van der Waals surface area (Å²) in [4.78, 5) is 6.71. The first-order chi connectivity index (χ1) is 10.4. The van der Waals surface area contributed by atoms with Crippen LogP contribution in [0, 0.1) is 0 Å². The third-order valence-electron chi connectivity index (χ3n) is 3.93. The predicted molar refractivity (Wildman–Crippen MR) is 90.7 cm³/mol. The zero-order chi connectivity index (χ0) is 16.2. The van der Waals surface area contributed by atoms with E-state index in [9.17, 15) is 8.42 Å². The first-order valence-electron chi connectivity index (χ1n) is 7.65. The molecule has 0 atom stereocenters. The summed E-state index contributed by atoms with van der Waals surface area (Å²) in [6, 6.07) is 10.1. The number of nitrogens with zero attached hydrogens (tertiary/aromatic N) is 2. The monoisotopic (exact) mass is 323 g/mol. The van der Waals surface area contributed by atoms with Crippen LogP contribution < -0.4 is 5.32 Å². The van der Waals surface area contributed by atoms with Crippen LogP contribution >= 0.6 is 0 Å². The molecular formula is C16H25N3O2S. The van der Waals surface area contributed by atoms with Crippen molar-refractivity contribution in [2.75, 3.05) is 25.4 Å². The van der Waals surface area contributed by atoms with Gasteiger partial charge in [0.25, 0.3) is 0 Å². The molecular weight excluding hydrogens is 298 g/mol. The number of guanidine groups is 1. The SMILES string of the molecule is CCNC(=NCc1ccccc1)N1CCS(=O)(=O)C(C)(C)C1. The van der Waals surface area contributed by atoms with Crippen molar-refractivity contribution >= 4 is 15.8 Å². The molecule has 22 heavy (non-hydrogen) atoms. The van der Waals surface area contributed by atoms with Crippen molar-refractivity contribution in [1.29, 1.82) is 0 Å². The third kappa shape index (κ3) is 3.80. The quantitative estimate of drug-likeness (QED) is 0.679. The fourth-order valence-electron chi connectivity index (χ4n) is 2.50. The summed E-state index contributed by atoms with van der Waals surface area (Å²) < 4.78 is 23.5. The lowest BCUT2D eigenvalue weighted by molar-refractivity contribution is 0.353. The minimum Gasteiger partial charge on any atom is -0.357 e. The van der Waals surface area contributed by atoms with Crippen molar-refractivity contribution in [3.63, 3.8) is 0 Å². The Morgan fingerprint density at radius 2 is 2.00 bits per heavy atom. The Bertz CT molecular complexity index is 624. The molecule has 1 aliphatic rings. The number of hydrogen-bond donors (Lipinski definition) is 1. The second kappa shape index (κ2) is 6.69. The van der Waals surface area contributed by atoms with E-state index in [-0.39, 0.29) is 5.75 Å². The molecule has 1 heterocycles. The van der Waals surface area contributed by atoms with E-state index in [4.69, 9.17) is 0 Å². The maximum Gasteiger partial charge on any atom is 0.194 e. The molecule has 6 heteroatoms. The zero-order valence-corrected chi connectivity index (χ0v) is 14.4. The normalized spacial score (nSPS) is 20.7. The van der Waals surface area contributed by atoms with Crippen molar-refractivity contribution in [3.05, 3.63) is 35.9 Å². The highest BCUT2D eigenvalue weighted by Crippen LogP contribution is 2.23. The van der Waals surface area contributed by atoms with Gasteiger partial charge < -0.3 is 10.2 Å². The first kappa shape index (κ1) is 16.8. The standard InChI is InChI=1S/C16H25N3O2S/c1-4-17-15(18-12-14-8-6-5-7-9-14)19-10-11-22(20,21)16(2,3)13-19/h5-9H,4,10-13H2,1-3H3,(H,17,18). The lowest BCUT2D eigenvalue weighted by atomic mass is 10.2. The zero-order valence-electron chi connectivity index (χ0n) is 13.5. The smallest absolute Gasteiger partial charge is 0.194 e. The van der Waals surface area contributed by atoms with Crippen molar-refractivity contribution in [1.82, 2.24) is 10.2 Å². The van der Waals surface area contributed by atoms with E-state index in [0.29, 0.717) is 19.6 Å². The summed E-state index contributed by atoms with van der Waals surface area (Å²) in [5, 5.41) is 3.27. The van der Waals surface area contributed by atoms with Crippen molar-refractivity contribution < 1.29 is 8.42 Å². The second-order valence-corrected chi connectivity index (χ2v) is 8.90. The van der Waals surface area contributed by atoms with Gasteiger partial charge in [0.05, 0.1) is 17.0 Å². The molecule has 1 N–H and O–H groups in total. The molecule has 0 amide bonds. The number of hydrogen-bond acceptors (Lipinski definition) is 3. The molecule has 0 bridgehead atoms. The second-order valence-electron chi connectivity index (χ2n) is 6.16. The van der Waals surface area contributed by atoms with Crippen LogP contribution in [0.15, 0.2) is 35.3 Å². The molecule has 0 aliphatic carbocycles. The van der Waals surface area contributed by atoms with Gasteiger partial charge in [-0.15, -0.1) is 0 Å². The minimum atomic E-state index is -3.03. The molecule has 0 unspecified atom stereocenters. The van der Waals surface area contributed by atoms with Gasteiger partial charge in [-0.1, -0.05) is 30.3 Å². The van der Waals surface area contributed by atoms with Crippen molar-refractivity contribution in [2.24, 2.45) is 4.99 Å². The van der Waals surface area contributed by atoms with E-state index < -0.39 is 14.6 Å². The molecule has 1 saturated heterocycles. The minimum absolute atomic E-state index is 0.176. The van der Waals surface area contributed by atoms with E-state index in [0.717, 1.165) is 18.1 Å². The van der Waals surface area contributed by atoms with Gasteiger partial charge in [0.1, 0.15) is 0 Å². The van der Waals surface area contributed by atoms with Crippen LogP contribution in [0.1, 0.15) is 26.3 Å². The molecule has 1 fully saturated rings. The highest BCUT2D eigenvalue weighted by Gasteiger charge is 2.40. The van der Waals surface area contributed by atoms with Crippen LogP contribution in [0.5, 0.6) is 0 Å². The predicted octanol–water partition coefficient (Wildman–Crippen LogP) is 1.66. The Balaban J connectivity index is 2.15. The summed E-state index contributed by atoms with van der Waals surface area (Å²) >= 11 is 0. The number of nitrogens with one attached hydrogen (secondary N) is 1.